The van der Waals surface area contributed by atoms with Gasteiger partial charge in [-0.15, -0.1) is 0 Å². The van der Waals surface area contributed by atoms with Gasteiger partial charge in [-0.05, 0) is 29.8 Å². The molecule has 0 bridgehead atoms. The Morgan fingerprint density at radius 1 is 1.13 bits per heavy atom. The number of ether oxygens (including phenoxy) is 1. The number of morpholine rings is 1. The van der Waals surface area contributed by atoms with E-state index in [-0.39, 0.29) is 0 Å². The number of nitrogens with one attached hydrogen (secondary N) is 1. The van der Waals surface area contributed by atoms with Crippen molar-refractivity contribution in [3.05, 3.63) is 64.7 Å². The Bertz CT molecular complexity index is 1240. The number of amides is 1. The summed E-state index contributed by atoms with van der Waals surface area (Å²) in [5.74, 6) is -0.488. The number of rotatable bonds is 4. The largest absolute Gasteiger partial charge is 0.379 e. The molecular weight excluding hydrogens is 400 g/mol. The Labute approximate surface area is 178 Å². The van der Waals surface area contributed by atoms with Crippen LogP contribution in [0.25, 0.3) is 33.2 Å². The van der Waals surface area contributed by atoms with Crippen molar-refractivity contribution < 1.29 is 9.53 Å². The number of carbonyl (C=O) groups excluding carboxylic acids is 1. The number of aromatic nitrogens is 2. The molecule has 0 radical (unpaired) electrons. The second-order valence-corrected chi connectivity index (χ2v) is 7.98. The standard InChI is InChI=1S/C23H21ClN4O2/c24-16-4-2-15(3-5-16)19-12-18(23(25)29)22-21(26-19)17-6-1-14(11-20(17)27-22)13-28-7-9-30-10-8-28/h1-6,11-12,27H,7-10,13H2,(H2,25,29). The fourth-order valence-electron chi connectivity index (χ4n) is 3.98. The molecule has 0 saturated carbocycles. The molecule has 152 valence electrons. The third-order valence-corrected chi connectivity index (χ3v) is 5.79. The highest BCUT2D eigenvalue weighted by molar-refractivity contribution is 6.30. The van der Waals surface area contributed by atoms with Crippen LogP contribution in [0, 0.1) is 0 Å². The highest BCUT2D eigenvalue weighted by atomic mass is 35.5. The number of pyridine rings is 1. The van der Waals surface area contributed by atoms with E-state index in [4.69, 9.17) is 27.1 Å². The van der Waals surface area contributed by atoms with Gasteiger partial charge < -0.3 is 15.5 Å². The smallest absolute Gasteiger partial charge is 0.250 e. The molecule has 3 heterocycles. The van der Waals surface area contributed by atoms with E-state index in [2.05, 4.69) is 28.1 Å². The number of benzene rings is 2. The van der Waals surface area contributed by atoms with Gasteiger partial charge in [-0.1, -0.05) is 35.9 Å². The van der Waals surface area contributed by atoms with E-state index in [1.54, 1.807) is 18.2 Å². The van der Waals surface area contributed by atoms with E-state index in [9.17, 15) is 4.79 Å². The monoisotopic (exact) mass is 420 g/mol. The molecule has 1 fully saturated rings. The normalized spacial score (nSPS) is 15.1. The Kier molecular flexibility index (Phi) is 4.90. The van der Waals surface area contributed by atoms with Gasteiger partial charge in [0.2, 0.25) is 0 Å². The van der Waals surface area contributed by atoms with Gasteiger partial charge in [0, 0.05) is 41.1 Å². The van der Waals surface area contributed by atoms with Crippen molar-refractivity contribution in [1.82, 2.24) is 14.9 Å². The Morgan fingerprint density at radius 2 is 1.90 bits per heavy atom. The Morgan fingerprint density at radius 3 is 2.63 bits per heavy atom. The van der Waals surface area contributed by atoms with Gasteiger partial charge in [0.25, 0.3) is 5.91 Å². The quantitative estimate of drug-likeness (QED) is 0.523. The van der Waals surface area contributed by atoms with E-state index in [0.29, 0.717) is 21.8 Å². The predicted molar refractivity (Wildman–Crippen MR) is 119 cm³/mol. The molecule has 0 aliphatic carbocycles. The first kappa shape index (κ1) is 19.1. The van der Waals surface area contributed by atoms with E-state index in [1.165, 1.54) is 5.56 Å². The molecule has 1 aliphatic heterocycles. The fourth-order valence-corrected chi connectivity index (χ4v) is 4.11. The number of aromatic amines is 1. The Hall–Kier alpha value is -2.93. The van der Waals surface area contributed by atoms with Crippen molar-refractivity contribution >= 4 is 39.4 Å². The molecule has 2 aromatic heterocycles. The molecule has 1 amide bonds. The first-order valence-electron chi connectivity index (χ1n) is 9.90. The number of hydrogen-bond donors (Lipinski definition) is 2. The van der Waals surface area contributed by atoms with Crippen molar-refractivity contribution in [3.8, 4) is 11.3 Å². The summed E-state index contributed by atoms with van der Waals surface area (Å²) in [4.78, 5) is 22.8. The van der Waals surface area contributed by atoms with E-state index < -0.39 is 5.91 Å². The molecule has 5 rings (SSSR count). The number of fused-ring (bicyclic) bond motifs is 3. The summed E-state index contributed by atoms with van der Waals surface area (Å²) < 4.78 is 5.43. The number of hydrogen-bond acceptors (Lipinski definition) is 4. The van der Waals surface area contributed by atoms with E-state index in [1.807, 2.05) is 12.1 Å². The molecule has 6 nitrogen and oxygen atoms in total. The summed E-state index contributed by atoms with van der Waals surface area (Å²) in [5, 5.41) is 1.61. The number of primary amides is 1. The number of halogens is 1. The lowest BCUT2D eigenvalue weighted by atomic mass is 10.1. The molecule has 30 heavy (non-hydrogen) atoms. The Balaban J connectivity index is 1.61. The zero-order valence-electron chi connectivity index (χ0n) is 16.3. The average Bonchev–Trinajstić information content (AvgIpc) is 3.12. The minimum atomic E-state index is -0.488. The second kappa shape index (κ2) is 7.72. The topological polar surface area (TPSA) is 84.2 Å². The number of nitrogens with zero attached hydrogens (tertiary/aromatic N) is 2. The van der Waals surface area contributed by atoms with Crippen LogP contribution in [0.5, 0.6) is 0 Å². The molecule has 1 aliphatic rings. The summed E-state index contributed by atoms with van der Waals surface area (Å²) in [7, 11) is 0. The van der Waals surface area contributed by atoms with Crippen LogP contribution in [0.1, 0.15) is 15.9 Å². The number of carbonyl (C=O) groups is 1. The highest BCUT2D eigenvalue weighted by Crippen LogP contribution is 2.31. The van der Waals surface area contributed by atoms with Crippen LogP contribution in [0.4, 0.5) is 0 Å². The third-order valence-electron chi connectivity index (χ3n) is 5.53. The maximum absolute atomic E-state index is 12.2. The first-order valence-corrected chi connectivity index (χ1v) is 10.3. The maximum atomic E-state index is 12.2. The summed E-state index contributed by atoms with van der Waals surface area (Å²) in [6.45, 7) is 4.27. The minimum Gasteiger partial charge on any atom is -0.379 e. The van der Waals surface area contributed by atoms with Gasteiger partial charge in [0.05, 0.1) is 35.5 Å². The fraction of sp³-hybridized carbons (Fsp3) is 0.217. The summed E-state index contributed by atoms with van der Waals surface area (Å²) in [6, 6.07) is 15.4. The van der Waals surface area contributed by atoms with Gasteiger partial charge >= 0.3 is 0 Å². The van der Waals surface area contributed by atoms with Crippen molar-refractivity contribution in [1.29, 1.82) is 0 Å². The van der Waals surface area contributed by atoms with Crippen molar-refractivity contribution in [3.63, 3.8) is 0 Å². The zero-order valence-corrected chi connectivity index (χ0v) is 17.1. The molecule has 0 unspecified atom stereocenters. The zero-order chi connectivity index (χ0) is 20.7. The lowest BCUT2D eigenvalue weighted by Crippen LogP contribution is -2.35. The third kappa shape index (κ3) is 3.54. The van der Waals surface area contributed by atoms with Crippen LogP contribution in [0.15, 0.2) is 48.5 Å². The van der Waals surface area contributed by atoms with E-state index in [0.717, 1.165) is 54.8 Å². The van der Waals surface area contributed by atoms with Gasteiger partial charge in [-0.2, -0.15) is 0 Å². The van der Waals surface area contributed by atoms with Gasteiger partial charge in [-0.25, -0.2) is 4.98 Å². The molecule has 3 N–H and O–H groups in total. The van der Waals surface area contributed by atoms with Gasteiger partial charge in [-0.3, -0.25) is 9.69 Å². The van der Waals surface area contributed by atoms with Crippen molar-refractivity contribution in [2.24, 2.45) is 5.73 Å². The summed E-state index contributed by atoms with van der Waals surface area (Å²) in [5.41, 5.74) is 11.2. The molecular formula is C23H21ClN4O2. The van der Waals surface area contributed by atoms with Gasteiger partial charge in [0.15, 0.2) is 0 Å². The molecule has 0 atom stereocenters. The summed E-state index contributed by atoms with van der Waals surface area (Å²) in [6.07, 6.45) is 0. The maximum Gasteiger partial charge on any atom is 0.250 e. The SMILES string of the molecule is NC(=O)c1cc(-c2ccc(Cl)cc2)nc2c1[nH]c1cc(CN3CCOCC3)ccc12. The van der Waals surface area contributed by atoms with E-state index >= 15 is 0 Å². The molecule has 2 aromatic carbocycles. The van der Waals surface area contributed by atoms with Crippen molar-refractivity contribution in [2.45, 2.75) is 6.54 Å². The average molecular weight is 421 g/mol. The lowest BCUT2D eigenvalue weighted by molar-refractivity contribution is 0.0342. The van der Waals surface area contributed by atoms with Crippen LogP contribution >= 0.6 is 11.6 Å². The summed E-state index contributed by atoms with van der Waals surface area (Å²) >= 11 is 6.01. The molecule has 7 heteroatoms. The van der Waals surface area contributed by atoms with Crippen LogP contribution in [0.2, 0.25) is 5.02 Å². The van der Waals surface area contributed by atoms with Gasteiger partial charge in [0.1, 0.15) is 0 Å². The highest BCUT2D eigenvalue weighted by Gasteiger charge is 2.17. The lowest BCUT2D eigenvalue weighted by Gasteiger charge is -2.26. The van der Waals surface area contributed by atoms with Crippen LogP contribution < -0.4 is 5.73 Å². The number of nitrogens with two attached hydrogens (primary N) is 1. The molecule has 1 saturated heterocycles. The van der Waals surface area contributed by atoms with Crippen LogP contribution in [-0.2, 0) is 11.3 Å². The van der Waals surface area contributed by atoms with Crippen LogP contribution in [0.3, 0.4) is 0 Å². The number of H-pyrrole nitrogens is 1. The van der Waals surface area contributed by atoms with Crippen LogP contribution in [-0.4, -0.2) is 47.1 Å². The first-order chi connectivity index (χ1) is 14.6. The molecule has 0 spiro atoms. The van der Waals surface area contributed by atoms with Crippen molar-refractivity contribution in [2.75, 3.05) is 26.3 Å². The molecule has 4 aromatic rings. The second-order valence-electron chi connectivity index (χ2n) is 7.54. The predicted octanol–water partition coefficient (Wildman–Crippen LogP) is 3.97. The minimum absolute atomic E-state index is 0.427.